The van der Waals surface area contributed by atoms with Crippen LogP contribution in [0.4, 0.5) is 0 Å². The number of nitrogens with two attached hydrogens (primary N) is 1. The quantitative estimate of drug-likeness (QED) is 0.780. The minimum atomic E-state index is -0.236. The Bertz CT molecular complexity index is 783. The Kier molecular flexibility index (Phi) is 3.90. The van der Waals surface area contributed by atoms with Crippen LogP contribution in [0.25, 0.3) is 10.8 Å². The van der Waals surface area contributed by atoms with E-state index < -0.39 is 0 Å². The molecular formula is C17H15BrN2O. The van der Waals surface area contributed by atoms with Gasteiger partial charge in [0.15, 0.2) is 0 Å². The van der Waals surface area contributed by atoms with Crippen LogP contribution in [0.3, 0.4) is 0 Å². The first-order chi connectivity index (χ1) is 10.2. The van der Waals surface area contributed by atoms with Gasteiger partial charge in [0.2, 0.25) is 0 Å². The average molecular weight is 343 g/mol. The van der Waals surface area contributed by atoms with Crippen LogP contribution in [0, 0.1) is 0 Å². The van der Waals surface area contributed by atoms with Gasteiger partial charge in [0.1, 0.15) is 5.75 Å². The average Bonchev–Trinajstić information content (AvgIpc) is 2.54. The Labute approximate surface area is 131 Å². The van der Waals surface area contributed by atoms with E-state index >= 15 is 0 Å². The van der Waals surface area contributed by atoms with Crippen molar-refractivity contribution < 1.29 is 4.74 Å². The van der Waals surface area contributed by atoms with Crippen molar-refractivity contribution in [3.05, 3.63) is 70.5 Å². The van der Waals surface area contributed by atoms with Gasteiger partial charge in [0.05, 0.1) is 13.2 Å². The lowest BCUT2D eigenvalue weighted by molar-refractivity contribution is 0.414. The van der Waals surface area contributed by atoms with Gasteiger partial charge in [-0.1, -0.05) is 34.1 Å². The number of pyridine rings is 1. The predicted molar refractivity (Wildman–Crippen MR) is 88.5 cm³/mol. The fourth-order valence-electron chi connectivity index (χ4n) is 2.47. The van der Waals surface area contributed by atoms with Crippen LogP contribution in [-0.4, -0.2) is 12.1 Å². The molecule has 1 aromatic heterocycles. The fourth-order valence-corrected chi connectivity index (χ4v) is 2.97. The van der Waals surface area contributed by atoms with Crippen LogP contribution in [-0.2, 0) is 0 Å². The molecule has 4 heteroatoms. The molecule has 3 aromatic rings. The summed E-state index contributed by atoms with van der Waals surface area (Å²) in [4.78, 5) is 4.16. The van der Waals surface area contributed by atoms with E-state index in [1.54, 1.807) is 13.3 Å². The van der Waals surface area contributed by atoms with Crippen molar-refractivity contribution >= 4 is 26.7 Å². The van der Waals surface area contributed by atoms with Crippen LogP contribution < -0.4 is 10.5 Å². The summed E-state index contributed by atoms with van der Waals surface area (Å²) in [5.74, 6) is 0.797. The van der Waals surface area contributed by atoms with Gasteiger partial charge in [0.25, 0.3) is 0 Å². The minimum absolute atomic E-state index is 0.236. The molecule has 0 amide bonds. The van der Waals surface area contributed by atoms with Crippen LogP contribution >= 0.6 is 15.9 Å². The molecule has 21 heavy (non-hydrogen) atoms. The first-order valence-electron chi connectivity index (χ1n) is 6.62. The number of aromatic nitrogens is 1. The molecule has 1 unspecified atom stereocenters. The Hall–Kier alpha value is -1.91. The lowest BCUT2D eigenvalue weighted by Gasteiger charge is -2.17. The number of fused-ring (bicyclic) bond motifs is 1. The van der Waals surface area contributed by atoms with E-state index in [4.69, 9.17) is 10.5 Å². The van der Waals surface area contributed by atoms with Crippen LogP contribution in [0.2, 0.25) is 0 Å². The summed E-state index contributed by atoms with van der Waals surface area (Å²) in [6.45, 7) is 0. The van der Waals surface area contributed by atoms with Gasteiger partial charge >= 0.3 is 0 Å². The van der Waals surface area contributed by atoms with Crippen LogP contribution in [0.15, 0.2) is 59.3 Å². The van der Waals surface area contributed by atoms with Gasteiger partial charge in [-0.05, 0) is 40.8 Å². The number of ether oxygens (including phenoxy) is 1. The number of methoxy groups -OCH3 is 1. The summed E-state index contributed by atoms with van der Waals surface area (Å²) in [5.41, 5.74) is 8.57. The van der Waals surface area contributed by atoms with Gasteiger partial charge in [-0.3, -0.25) is 4.98 Å². The number of nitrogens with zero attached hydrogens (tertiary/aromatic N) is 1. The Balaban J connectivity index is 2.14. The maximum absolute atomic E-state index is 6.50. The van der Waals surface area contributed by atoms with Crippen molar-refractivity contribution in [3.8, 4) is 5.75 Å². The molecule has 0 radical (unpaired) electrons. The molecule has 0 aliphatic carbocycles. The summed E-state index contributed by atoms with van der Waals surface area (Å²) < 4.78 is 6.27. The summed E-state index contributed by atoms with van der Waals surface area (Å²) in [6.07, 6.45) is 3.64. The standard InChI is InChI=1S/C17H15BrN2O/c1-21-12-5-6-16(18)15(9-12)17(19)14-4-2-3-11-10-20-8-7-13(11)14/h2-10,17H,19H2,1H3. The smallest absolute Gasteiger partial charge is 0.119 e. The van der Waals surface area contributed by atoms with Crippen molar-refractivity contribution in [1.82, 2.24) is 4.98 Å². The zero-order valence-electron chi connectivity index (χ0n) is 11.6. The highest BCUT2D eigenvalue weighted by molar-refractivity contribution is 9.10. The summed E-state index contributed by atoms with van der Waals surface area (Å²) in [5, 5.41) is 2.21. The van der Waals surface area contributed by atoms with E-state index in [0.717, 1.165) is 32.1 Å². The second-order valence-corrected chi connectivity index (χ2v) is 5.66. The van der Waals surface area contributed by atoms with Gasteiger partial charge in [0, 0.05) is 22.3 Å². The van der Waals surface area contributed by atoms with Crippen molar-refractivity contribution in [1.29, 1.82) is 0 Å². The molecule has 0 aliphatic rings. The van der Waals surface area contributed by atoms with E-state index in [2.05, 4.69) is 27.0 Å². The third-order valence-electron chi connectivity index (χ3n) is 3.59. The van der Waals surface area contributed by atoms with Crippen molar-refractivity contribution in [2.75, 3.05) is 7.11 Å². The first kappa shape index (κ1) is 14.0. The molecule has 1 atom stereocenters. The van der Waals surface area contributed by atoms with Gasteiger partial charge in [-0.2, -0.15) is 0 Å². The maximum atomic E-state index is 6.50. The molecule has 0 spiro atoms. The van der Waals surface area contributed by atoms with Crippen molar-refractivity contribution in [2.45, 2.75) is 6.04 Å². The third kappa shape index (κ3) is 2.64. The summed E-state index contributed by atoms with van der Waals surface area (Å²) in [6, 6.07) is 13.7. The molecule has 0 bridgehead atoms. The Morgan fingerprint density at radius 1 is 1.14 bits per heavy atom. The van der Waals surface area contributed by atoms with Crippen LogP contribution in [0.5, 0.6) is 5.75 Å². The highest BCUT2D eigenvalue weighted by Gasteiger charge is 2.15. The number of halogens is 1. The summed E-state index contributed by atoms with van der Waals surface area (Å²) >= 11 is 3.57. The Morgan fingerprint density at radius 3 is 2.81 bits per heavy atom. The molecule has 106 valence electrons. The van der Waals surface area contributed by atoms with Crippen molar-refractivity contribution in [2.24, 2.45) is 5.73 Å². The fraction of sp³-hybridized carbons (Fsp3) is 0.118. The van der Waals surface area contributed by atoms with E-state index in [1.807, 2.05) is 42.6 Å². The molecule has 0 aliphatic heterocycles. The van der Waals surface area contributed by atoms with Gasteiger partial charge in [-0.15, -0.1) is 0 Å². The lowest BCUT2D eigenvalue weighted by atomic mass is 9.95. The number of hydrogen-bond donors (Lipinski definition) is 1. The SMILES string of the molecule is COc1ccc(Br)c(C(N)c2cccc3cnccc23)c1. The van der Waals surface area contributed by atoms with E-state index in [0.29, 0.717) is 0 Å². The predicted octanol–water partition coefficient (Wildman–Crippen LogP) is 4.05. The van der Waals surface area contributed by atoms with Gasteiger partial charge < -0.3 is 10.5 Å². The number of benzene rings is 2. The molecule has 0 saturated heterocycles. The molecule has 0 saturated carbocycles. The zero-order valence-corrected chi connectivity index (χ0v) is 13.2. The highest BCUT2D eigenvalue weighted by Crippen LogP contribution is 2.33. The molecule has 1 heterocycles. The lowest BCUT2D eigenvalue weighted by Crippen LogP contribution is -2.13. The molecule has 2 N–H and O–H groups in total. The Morgan fingerprint density at radius 2 is 2.00 bits per heavy atom. The van der Waals surface area contributed by atoms with E-state index in [-0.39, 0.29) is 6.04 Å². The van der Waals surface area contributed by atoms with E-state index in [1.165, 1.54) is 0 Å². The summed E-state index contributed by atoms with van der Waals surface area (Å²) in [7, 11) is 1.65. The largest absolute Gasteiger partial charge is 0.497 e. The minimum Gasteiger partial charge on any atom is -0.497 e. The molecular weight excluding hydrogens is 328 g/mol. The number of hydrogen-bond acceptors (Lipinski definition) is 3. The zero-order chi connectivity index (χ0) is 14.8. The monoisotopic (exact) mass is 342 g/mol. The molecule has 2 aromatic carbocycles. The van der Waals surface area contributed by atoms with Crippen molar-refractivity contribution in [3.63, 3.8) is 0 Å². The highest BCUT2D eigenvalue weighted by atomic mass is 79.9. The number of rotatable bonds is 3. The second kappa shape index (κ2) is 5.84. The maximum Gasteiger partial charge on any atom is 0.119 e. The third-order valence-corrected chi connectivity index (χ3v) is 4.31. The molecule has 3 rings (SSSR count). The van der Waals surface area contributed by atoms with E-state index in [9.17, 15) is 0 Å². The molecule has 3 nitrogen and oxygen atoms in total. The second-order valence-electron chi connectivity index (χ2n) is 4.81. The van der Waals surface area contributed by atoms with Gasteiger partial charge in [-0.25, -0.2) is 0 Å². The topological polar surface area (TPSA) is 48.1 Å². The molecule has 0 fully saturated rings. The first-order valence-corrected chi connectivity index (χ1v) is 7.41. The van der Waals surface area contributed by atoms with Crippen LogP contribution in [0.1, 0.15) is 17.2 Å². The normalized spacial score (nSPS) is 12.3.